The third-order valence-electron chi connectivity index (χ3n) is 8.46. The van der Waals surface area contributed by atoms with Crippen LogP contribution in [0.4, 0.5) is 13.2 Å². The quantitative estimate of drug-likeness (QED) is 0.341. The number of methoxy groups -OCH3 is 1. The molecular formula is C32H35F3N4O7. The number of nitriles is 1. The highest BCUT2D eigenvalue weighted by Gasteiger charge is 2.57. The molecule has 246 valence electrons. The zero-order chi connectivity index (χ0) is 33.1. The van der Waals surface area contributed by atoms with Crippen LogP contribution in [-0.4, -0.2) is 102 Å². The fraction of sp³-hybridized carbons (Fsp3) is 0.469. The smallest absolute Gasteiger partial charge is 0.422 e. The van der Waals surface area contributed by atoms with Gasteiger partial charge in [-0.1, -0.05) is 12.1 Å². The van der Waals surface area contributed by atoms with Crippen LogP contribution in [0.2, 0.25) is 0 Å². The third kappa shape index (κ3) is 7.06. The maximum Gasteiger partial charge on any atom is 0.422 e. The Balaban J connectivity index is 1.35. The number of aliphatic hydroxyl groups is 1. The van der Waals surface area contributed by atoms with Crippen molar-refractivity contribution in [2.45, 2.75) is 43.7 Å². The Hall–Kier alpha value is -4.32. The highest BCUT2D eigenvalue weighted by Crippen LogP contribution is 2.44. The van der Waals surface area contributed by atoms with Crippen molar-refractivity contribution < 1.29 is 47.2 Å². The average Bonchev–Trinajstić information content (AvgIpc) is 3.40. The number of aliphatic carboxylic acids is 1. The summed E-state index contributed by atoms with van der Waals surface area (Å²) in [7, 11) is 1.43. The standard InChI is InChI=1S/C32H35F3N4O7/c1-44-28-15-21(16-30(41)42)3-5-27(28)46-23-6-8-37(9-7-23)20-31(43,32(33,34)35)25-18-39(19-29(40)38-10-12-45-13-11-38)26-14-22(17-36)2-4-24(25)26/h2-5,14-15,18,23,43H,6-13,16,19-20H2,1H3,(H,41,42). The van der Waals surface area contributed by atoms with Crippen LogP contribution < -0.4 is 9.47 Å². The summed E-state index contributed by atoms with van der Waals surface area (Å²) in [5.74, 6) is -0.534. The summed E-state index contributed by atoms with van der Waals surface area (Å²) in [6, 6.07) is 11.0. The number of β-amino-alcohol motifs (C(OH)–C–C–N with tert-alkyl or cyclic N) is 1. The number of amides is 1. The van der Waals surface area contributed by atoms with E-state index in [1.807, 2.05) is 6.07 Å². The molecule has 1 unspecified atom stereocenters. The molecule has 1 aromatic heterocycles. The Morgan fingerprint density at radius 1 is 1.07 bits per heavy atom. The molecule has 1 amide bonds. The number of rotatable bonds is 10. The topological polar surface area (TPSA) is 137 Å². The number of carboxylic acids is 1. The Bertz CT molecular complexity index is 1620. The molecule has 0 aliphatic carbocycles. The Kier molecular flexibility index (Phi) is 9.76. The maximum atomic E-state index is 14.8. The minimum atomic E-state index is -5.06. The summed E-state index contributed by atoms with van der Waals surface area (Å²) >= 11 is 0. The summed E-state index contributed by atoms with van der Waals surface area (Å²) in [6.45, 7) is 0.862. The molecule has 2 aliphatic rings. The third-order valence-corrected chi connectivity index (χ3v) is 8.46. The molecule has 14 heteroatoms. The second-order valence-corrected chi connectivity index (χ2v) is 11.5. The van der Waals surface area contributed by atoms with E-state index in [2.05, 4.69) is 0 Å². The monoisotopic (exact) mass is 644 g/mol. The van der Waals surface area contributed by atoms with Gasteiger partial charge in [-0.3, -0.25) is 14.5 Å². The Labute approximate surface area is 263 Å². The van der Waals surface area contributed by atoms with Crippen LogP contribution in [0.1, 0.15) is 29.5 Å². The number of carboxylic acid groups (broad SMARTS) is 1. The van der Waals surface area contributed by atoms with E-state index in [0.29, 0.717) is 56.2 Å². The molecule has 3 aromatic rings. The molecule has 2 aromatic carbocycles. The zero-order valence-corrected chi connectivity index (χ0v) is 25.3. The minimum absolute atomic E-state index is 0.102. The van der Waals surface area contributed by atoms with Gasteiger partial charge < -0.3 is 33.9 Å². The first-order valence-electron chi connectivity index (χ1n) is 14.9. The lowest BCUT2D eigenvalue weighted by Crippen LogP contribution is -2.53. The van der Waals surface area contributed by atoms with E-state index < -0.39 is 24.3 Å². The number of piperidine rings is 1. The molecule has 0 radical (unpaired) electrons. The largest absolute Gasteiger partial charge is 0.493 e. The fourth-order valence-corrected chi connectivity index (χ4v) is 5.99. The van der Waals surface area contributed by atoms with Crippen molar-refractivity contribution in [2.24, 2.45) is 0 Å². The summed E-state index contributed by atoms with van der Waals surface area (Å²) in [4.78, 5) is 27.2. The van der Waals surface area contributed by atoms with Crippen LogP contribution in [0.25, 0.3) is 10.9 Å². The normalized spacial score (nSPS) is 17.8. The van der Waals surface area contributed by atoms with E-state index in [1.54, 1.807) is 23.1 Å². The van der Waals surface area contributed by atoms with Gasteiger partial charge in [-0.05, 0) is 42.7 Å². The number of morpholine rings is 1. The van der Waals surface area contributed by atoms with E-state index in [0.717, 1.165) is 0 Å². The predicted octanol–water partition coefficient (Wildman–Crippen LogP) is 3.30. The van der Waals surface area contributed by atoms with Gasteiger partial charge in [0.1, 0.15) is 12.6 Å². The number of benzene rings is 2. The first-order chi connectivity index (χ1) is 21.9. The molecule has 0 spiro atoms. The number of carbonyl (C=O) groups is 2. The predicted molar refractivity (Wildman–Crippen MR) is 158 cm³/mol. The summed E-state index contributed by atoms with van der Waals surface area (Å²) in [5.41, 5.74) is -2.67. The number of fused-ring (bicyclic) bond motifs is 1. The van der Waals surface area contributed by atoms with E-state index in [9.17, 15) is 33.1 Å². The maximum absolute atomic E-state index is 14.8. The van der Waals surface area contributed by atoms with E-state index in [1.165, 1.54) is 41.0 Å². The van der Waals surface area contributed by atoms with E-state index >= 15 is 0 Å². The molecule has 2 fully saturated rings. The van der Waals surface area contributed by atoms with Crippen molar-refractivity contribution in [3.8, 4) is 17.6 Å². The molecule has 46 heavy (non-hydrogen) atoms. The van der Waals surface area contributed by atoms with Gasteiger partial charge in [-0.25, -0.2) is 0 Å². The van der Waals surface area contributed by atoms with Crippen molar-refractivity contribution in [3.63, 3.8) is 0 Å². The van der Waals surface area contributed by atoms with Crippen molar-refractivity contribution in [3.05, 3.63) is 59.3 Å². The molecule has 0 bridgehead atoms. The number of ether oxygens (including phenoxy) is 3. The van der Waals surface area contributed by atoms with Gasteiger partial charge in [0.2, 0.25) is 11.5 Å². The molecule has 5 rings (SSSR count). The Morgan fingerprint density at radius 2 is 1.78 bits per heavy atom. The lowest BCUT2D eigenvalue weighted by atomic mass is 9.90. The number of aromatic nitrogens is 1. The highest BCUT2D eigenvalue weighted by molar-refractivity contribution is 5.88. The number of hydrogen-bond donors (Lipinski definition) is 2. The second-order valence-electron chi connectivity index (χ2n) is 11.5. The first kappa shape index (κ1) is 33.1. The number of nitrogens with zero attached hydrogens (tertiary/aromatic N) is 4. The SMILES string of the molecule is COc1cc(CC(=O)O)ccc1OC1CCN(CC(O)(c2cn(CC(=O)N3CCOCC3)c3cc(C#N)ccc23)C(F)(F)F)CC1. The van der Waals surface area contributed by atoms with E-state index in [4.69, 9.17) is 19.3 Å². The molecule has 0 saturated carbocycles. The number of hydrogen-bond acceptors (Lipinski definition) is 8. The van der Waals surface area contributed by atoms with Gasteiger partial charge >= 0.3 is 12.1 Å². The number of likely N-dealkylation sites (tertiary alicyclic amines) is 1. The lowest BCUT2D eigenvalue weighted by molar-refractivity contribution is -0.272. The Morgan fingerprint density at radius 3 is 2.41 bits per heavy atom. The summed E-state index contributed by atoms with van der Waals surface area (Å²) < 4.78 is 62.6. The van der Waals surface area contributed by atoms with Crippen LogP contribution in [-0.2, 0) is 32.9 Å². The molecule has 1 atom stereocenters. The van der Waals surface area contributed by atoms with E-state index in [-0.39, 0.29) is 60.1 Å². The van der Waals surface area contributed by atoms with Crippen molar-refractivity contribution in [2.75, 3.05) is 53.0 Å². The van der Waals surface area contributed by atoms with Crippen molar-refractivity contribution in [1.29, 1.82) is 5.26 Å². The van der Waals surface area contributed by atoms with Crippen LogP contribution in [0.5, 0.6) is 11.5 Å². The van der Waals surface area contributed by atoms with Crippen LogP contribution in [0, 0.1) is 11.3 Å². The van der Waals surface area contributed by atoms with Gasteiger partial charge in [-0.15, -0.1) is 0 Å². The lowest BCUT2D eigenvalue weighted by Gasteiger charge is -2.39. The molecule has 2 aliphatic heterocycles. The number of halogens is 3. The molecular weight excluding hydrogens is 609 g/mol. The molecule has 2 saturated heterocycles. The second kappa shape index (κ2) is 13.6. The number of carbonyl (C=O) groups excluding carboxylic acids is 1. The molecule has 2 N–H and O–H groups in total. The number of alkyl halides is 3. The van der Waals surface area contributed by atoms with Gasteiger partial charge in [0.15, 0.2) is 11.5 Å². The molecule has 3 heterocycles. The summed E-state index contributed by atoms with van der Waals surface area (Å²) in [5, 5.41) is 30.1. The van der Waals surface area contributed by atoms with Gasteiger partial charge in [0, 0.05) is 49.9 Å². The summed E-state index contributed by atoms with van der Waals surface area (Å²) in [6.07, 6.45) is -3.67. The molecule has 11 nitrogen and oxygen atoms in total. The van der Waals surface area contributed by atoms with Crippen LogP contribution >= 0.6 is 0 Å². The van der Waals surface area contributed by atoms with Crippen molar-refractivity contribution >= 4 is 22.8 Å². The van der Waals surface area contributed by atoms with Gasteiger partial charge in [0.05, 0.1) is 43.9 Å². The fourth-order valence-electron chi connectivity index (χ4n) is 5.99. The van der Waals surface area contributed by atoms with Crippen LogP contribution in [0.15, 0.2) is 42.6 Å². The minimum Gasteiger partial charge on any atom is -0.493 e. The van der Waals surface area contributed by atoms with Gasteiger partial charge in [0.25, 0.3) is 0 Å². The van der Waals surface area contributed by atoms with Crippen LogP contribution in [0.3, 0.4) is 0 Å². The first-order valence-corrected chi connectivity index (χ1v) is 14.9. The van der Waals surface area contributed by atoms with Gasteiger partial charge in [-0.2, -0.15) is 18.4 Å². The average molecular weight is 645 g/mol. The zero-order valence-electron chi connectivity index (χ0n) is 25.3. The van der Waals surface area contributed by atoms with Crippen molar-refractivity contribution in [1.82, 2.24) is 14.4 Å². The highest BCUT2D eigenvalue weighted by atomic mass is 19.4.